The first kappa shape index (κ1) is 15.4. The van der Waals surface area contributed by atoms with Gasteiger partial charge in [0.25, 0.3) is 0 Å². The fourth-order valence-electron chi connectivity index (χ4n) is 2.04. The molecule has 0 fully saturated rings. The van der Waals surface area contributed by atoms with E-state index in [9.17, 15) is 4.21 Å². The molecule has 0 spiro atoms. The van der Waals surface area contributed by atoms with Crippen LogP contribution >= 0.6 is 0 Å². The summed E-state index contributed by atoms with van der Waals surface area (Å²) in [4.78, 5) is 0. The van der Waals surface area contributed by atoms with Gasteiger partial charge < -0.3 is 5.32 Å². The second kappa shape index (κ2) is 8.44. The van der Waals surface area contributed by atoms with Crippen LogP contribution in [0.1, 0.15) is 43.9 Å². The second-order valence-corrected chi connectivity index (χ2v) is 6.20. The largest absolute Gasteiger partial charge is 0.310 e. The molecule has 0 amide bonds. The molecule has 1 rings (SSSR count). The van der Waals surface area contributed by atoms with Crippen molar-refractivity contribution < 1.29 is 4.21 Å². The lowest BCUT2D eigenvalue weighted by Crippen LogP contribution is -2.23. The van der Waals surface area contributed by atoms with Crippen molar-refractivity contribution in [1.82, 2.24) is 5.32 Å². The maximum absolute atomic E-state index is 11.0. The molecule has 2 nitrogen and oxygen atoms in total. The molecule has 1 aromatic carbocycles. The number of hydrogen-bond acceptors (Lipinski definition) is 2. The van der Waals surface area contributed by atoms with E-state index in [0.29, 0.717) is 6.04 Å². The minimum atomic E-state index is -0.671. The van der Waals surface area contributed by atoms with Gasteiger partial charge in [0.15, 0.2) is 0 Å². The van der Waals surface area contributed by atoms with E-state index in [1.165, 1.54) is 11.1 Å². The highest BCUT2D eigenvalue weighted by molar-refractivity contribution is 7.84. The van der Waals surface area contributed by atoms with E-state index in [2.05, 4.69) is 43.4 Å². The third kappa shape index (κ3) is 5.32. The molecule has 0 saturated carbocycles. The Morgan fingerprint density at radius 3 is 2.39 bits per heavy atom. The Bertz CT molecular complexity index is 361. The minimum Gasteiger partial charge on any atom is -0.310 e. The normalized spacial score (nSPS) is 14.4. The molecule has 0 aliphatic carbocycles. The van der Waals surface area contributed by atoms with Gasteiger partial charge in [0.05, 0.1) is 0 Å². The van der Waals surface area contributed by atoms with Crippen LogP contribution in [0.2, 0.25) is 0 Å². The maximum Gasteiger partial charge on any atom is 0.0317 e. The summed E-state index contributed by atoms with van der Waals surface area (Å²) < 4.78 is 11.0. The van der Waals surface area contributed by atoms with Crippen molar-refractivity contribution in [1.29, 1.82) is 0 Å². The molecule has 0 saturated heterocycles. The molecule has 3 heteroatoms. The predicted molar refractivity (Wildman–Crippen MR) is 80.4 cm³/mol. The first-order valence-corrected chi connectivity index (χ1v) is 8.52. The van der Waals surface area contributed by atoms with Crippen molar-refractivity contribution >= 4 is 10.8 Å². The Hall–Kier alpha value is -0.670. The highest BCUT2D eigenvalue weighted by Crippen LogP contribution is 2.17. The zero-order valence-corrected chi connectivity index (χ0v) is 12.6. The molecule has 0 aromatic heterocycles. The van der Waals surface area contributed by atoms with Crippen LogP contribution in [0.15, 0.2) is 24.3 Å². The molecule has 18 heavy (non-hydrogen) atoms. The smallest absolute Gasteiger partial charge is 0.0317 e. The van der Waals surface area contributed by atoms with Crippen molar-refractivity contribution in [2.24, 2.45) is 0 Å². The van der Waals surface area contributed by atoms with E-state index in [0.717, 1.165) is 31.6 Å². The summed E-state index contributed by atoms with van der Waals surface area (Å²) in [6.07, 6.45) is 4.92. The van der Waals surface area contributed by atoms with Crippen molar-refractivity contribution in [2.75, 3.05) is 18.6 Å². The number of rotatable bonds is 8. The molecule has 1 N–H and O–H groups in total. The van der Waals surface area contributed by atoms with Crippen LogP contribution < -0.4 is 5.32 Å². The first-order valence-electron chi connectivity index (χ1n) is 6.79. The standard InChI is InChI=1S/C15H25NOS/c1-4-13-7-9-14(10-8-13)15(5-2)16-11-6-12-18(3)17/h7-10,15-16H,4-6,11-12H2,1-3H3. The van der Waals surface area contributed by atoms with Crippen molar-refractivity contribution in [3.8, 4) is 0 Å². The van der Waals surface area contributed by atoms with E-state index < -0.39 is 10.8 Å². The average molecular weight is 267 g/mol. The van der Waals surface area contributed by atoms with Gasteiger partial charge in [0.1, 0.15) is 0 Å². The summed E-state index contributed by atoms with van der Waals surface area (Å²) in [5, 5.41) is 3.54. The number of hydrogen-bond donors (Lipinski definition) is 1. The summed E-state index contributed by atoms with van der Waals surface area (Å²) in [7, 11) is -0.671. The predicted octanol–water partition coefficient (Wildman–Crippen LogP) is 3.06. The summed E-state index contributed by atoms with van der Waals surface area (Å²) in [5.41, 5.74) is 2.74. The quantitative estimate of drug-likeness (QED) is 0.733. The van der Waals surface area contributed by atoms with Crippen LogP contribution in [0.5, 0.6) is 0 Å². The Balaban J connectivity index is 2.46. The lowest BCUT2D eigenvalue weighted by molar-refractivity contribution is 0.518. The molecule has 0 bridgehead atoms. The number of benzene rings is 1. The van der Waals surface area contributed by atoms with E-state index in [4.69, 9.17) is 0 Å². The van der Waals surface area contributed by atoms with Crippen molar-refractivity contribution in [3.05, 3.63) is 35.4 Å². The summed E-state index contributed by atoms with van der Waals surface area (Å²) in [6, 6.07) is 9.28. The minimum absolute atomic E-state index is 0.418. The van der Waals surface area contributed by atoms with Crippen molar-refractivity contribution in [3.63, 3.8) is 0 Å². The van der Waals surface area contributed by atoms with Gasteiger partial charge in [-0.2, -0.15) is 0 Å². The summed E-state index contributed by atoms with van der Waals surface area (Å²) in [6.45, 7) is 5.31. The van der Waals surface area contributed by atoms with Crippen LogP contribution in [0, 0.1) is 0 Å². The molecule has 2 atom stereocenters. The molecular weight excluding hydrogens is 242 g/mol. The summed E-state index contributed by atoms with van der Waals surface area (Å²) >= 11 is 0. The third-order valence-corrected chi connectivity index (χ3v) is 4.06. The lowest BCUT2D eigenvalue weighted by atomic mass is 10.0. The molecule has 1 aromatic rings. The number of nitrogens with one attached hydrogen (secondary N) is 1. The van der Waals surface area contributed by atoms with Crippen molar-refractivity contribution in [2.45, 2.75) is 39.2 Å². The van der Waals surface area contributed by atoms with E-state index in [1.807, 2.05) is 0 Å². The van der Waals surface area contributed by atoms with Crippen LogP contribution in [-0.4, -0.2) is 22.8 Å². The lowest BCUT2D eigenvalue weighted by Gasteiger charge is -2.17. The monoisotopic (exact) mass is 267 g/mol. The van der Waals surface area contributed by atoms with Gasteiger partial charge in [-0.05, 0) is 36.9 Å². The molecule has 0 aliphatic heterocycles. The molecule has 0 aliphatic rings. The number of aryl methyl sites for hydroxylation is 1. The maximum atomic E-state index is 11.0. The zero-order valence-electron chi connectivity index (χ0n) is 11.7. The van der Waals surface area contributed by atoms with E-state index >= 15 is 0 Å². The van der Waals surface area contributed by atoms with Gasteiger partial charge >= 0.3 is 0 Å². The van der Waals surface area contributed by atoms with Gasteiger partial charge in [-0.1, -0.05) is 38.1 Å². The van der Waals surface area contributed by atoms with Crippen LogP contribution in [0.3, 0.4) is 0 Å². The topological polar surface area (TPSA) is 29.1 Å². The Morgan fingerprint density at radius 2 is 1.89 bits per heavy atom. The van der Waals surface area contributed by atoms with Crippen LogP contribution in [-0.2, 0) is 17.2 Å². The first-order chi connectivity index (χ1) is 8.67. The Labute approximate surface area is 114 Å². The van der Waals surface area contributed by atoms with Crippen LogP contribution in [0.4, 0.5) is 0 Å². The van der Waals surface area contributed by atoms with Gasteiger partial charge in [-0.15, -0.1) is 0 Å². The average Bonchev–Trinajstić information content (AvgIpc) is 2.39. The fraction of sp³-hybridized carbons (Fsp3) is 0.600. The second-order valence-electron chi connectivity index (χ2n) is 4.64. The van der Waals surface area contributed by atoms with E-state index in [-0.39, 0.29) is 0 Å². The molecule has 2 unspecified atom stereocenters. The van der Waals surface area contributed by atoms with E-state index in [1.54, 1.807) is 6.26 Å². The highest BCUT2D eigenvalue weighted by Gasteiger charge is 2.07. The Morgan fingerprint density at radius 1 is 1.22 bits per heavy atom. The van der Waals surface area contributed by atoms with Crippen LogP contribution in [0.25, 0.3) is 0 Å². The molecule has 0 heterocycles. The van der Waals surface area contributed by atoms with Gasteiger partial charge in [-0.25, -0.2) is 0 Å². The Kier molecular flexibility index (Phi) is 7.21. The molecule has 0 radical (unpaired) electrons. The van der Waals surface area contributed by atoms with Gasteiger partial charge in [-0.3, -0.25) is 4.21 Å². The zero-order chi connectivity index (χ0) is 13.4. The molecular formula is C15H25NOS. The summed E-state index contributed by atoms with van der Waals surface area (Å²) in [5.74, 6) is 0.790. The van der Waals surface area contributed by atoms with Gasteiger partial charge in [0.2, 0.25) is 0 Å². The third-order valence-electron chi connectivity index (χ3n) is 3.20. The SMILES string of the molecule is CCc1ccc(C(CC)NCCCS(C)=O)cc1. The highest BCUT2D eigenvalue weighted by atomic mass is 32.2. The molecule has 102 valence electrons. The fourth-order valence-corrected chi connectivity index (χ4v) is 2.59. The van der Waals surface area contributed by atoms with Gasteiger partial charge in [0, 0.05) is 28.9 Å².